The molecule has 0 fully saturated rings. The Balaban J connectivity index is 1.68. The first kappa shape index (κ1) is 16.5. The van der Waals surface area contributed by atoms with Crippen LogP contribution in [0, 0.1) is 0 Å². The molecule has 0 amide bonds. The van der Waals surface area contributed by atoms with E-state index < -0.39 is 5.97 Å². The number of fused-ring (bicyclic) bond motifs is 1. The summed E-state index contributed by atoms with van der Waals surface area (Å²) in [4.78, 5) is 15.0. The Labute approximate surface area is 144 Å². The lowest BCUT2D eigenvalue weighted by Gasteiger charge is -2.04. The highest BCUT2D eigenvalue weighted by Crippen LogP contribution is 2.19. The highest BCUT2D eigenvalue weighted by molar-refractivity contribution is 5.81. The first-order valence-corrected chi connectivity index (χ1v) is 7.86. The van der Waals surface area contributed by atoms with Crippen LogP contribution >= 0.6 is 0 Å². The molecule has 0 spiro atoms. The van der Waals surface area contributed by atoms with Crippen LogP contribution in [0.15, 0.2) is 53.6 Å². The molecule has 0 aliphatic rings. The number of benzene rings is 2. The van der Waals surface area contributed by atoms with Gasteiger partial charge in [-0.3, -0.25) is 0 Å². The number of carboxylic acid groups (broad SMARTS) is 1. The summed E-state index contributed by atoms with van der Waals surface area (Å²) in [6.07, 6.45) is 1.67. The van der Waals surface area contributed by atoms with Gasteiger partial charge >= 0.3 is 5.97 Å². The van der Waals surface area contributed by atoms with Crippen molar-refractivity contribution in [3.63, 3.8) is 0 Å². The molecule has 0 bridgehead atoms. The Hall–Kier alpha value is -3.35. The second-order valence-electron chi connectivity index (χ2n) is 5.29. The van der Waals surface area contributed by atoms with Crippen LogP contribution in [-0.4, -0.2) is 33.4 Å². The molecular formula is C18H18N4O3. The molecule has 1 heterocycles. The summed E-state index contributed by atoms with van der Waals surface area (Å²) in [5.41, 5.74) is 5.80. The first-order valence-electron chi connectivity index (χ1n) is 7.86. The fraction of sp³-hybridized carbons (Fsp3) is 0.167. The lowest BCUT2D eigenvalue weighted by Crippen LogP contribution is -2.09. The van der Waals surface area contributed by atoms with Gasteiger partial charge < -0.3 is 14.4 Å². The summed E-state index contributed by atoms with van der Waals surface area (Å²) in [5.74, 6) is 0.176. The second-order valence-corrected chi connectivity index (χ2v) is 5.29. The number of aliphatic carboxylic acids is 1. The van der Waals surface area contributed by atoms with Crippen LogP contribution in [0.25, 0.3) is 11.0 Å². The number of rotatable bonds is 7. The van der Waals surface area contributed by atoms with Gasteiger partial charge in [-0.1, -0.05) is 12.1 Å². The van der Waals surface area contributed by atoms with Gasteiger partial charge in [0.25, 0.3) is 0 Å². The van der Waals surface area contributed by atoms with Crippen LogP contribution < -0.4 is 10.2 Å². The number of nitrogens with one attached hydrogen (secondary N) is 1. The number of carboxylic acids is 1. The Morgan fingerprint density at radius 1 is 1.28 bits per heavy atom. The summed E-state index contributed by atoms with van der Waals surface area (Å²) in [5, 5.41) is 12.8. The monoisotopic (exact) mass is 338 g/mol. The maximum absolute atomic E-state index is 10.5. The number of anilines is 1. The molecule has 128 valence electrons. The number of aromatic nitrogens is 2. The lowest BCUT2D eigenvalue weighted by atomic mass is 10.2. The molecule has 2 N–H and O–H groups in total. The van der Waals surface area contributed by atoms with E-state index in [1.165, 1.54) is 0 Å². The van der Waals surface area contributed by atoms with E-state index in [1.54, 1.807) is 30.5 Å². The van der Waals surface area contributed by atoms with Crippen LogP contribution in [0.5, 0.6) is 5.75 Å². The van der Waals surface area contributed by atoms with Crippen molar-refractivity contribution in [1.29, 1.82) is 0 Å². The predicted molar refractivity (Wildman–Crippen MR) is 96.2 cm³/mol. The van der Waals surface area contributed by atoms with Crippen molar-refractivity contribution in [1.82, 2.24) is 9.55 Å². The third kappa shape index (κ3) is 3.95. The van der Waals surface area contributed by atoms with Crippen molar-refractivity contribution < 1.29 is 14.6 Å². The Morgan fingerprint density at radius 3 is 2.76 bits per heavy atom. The first-order chi connectivity index (χ1) is 12.2. The van der Waals surface area contributed by atoms with Crippen LogP contribution in [0.2, 0.25) is 0 Å². The number of aryl methyl sites for hydroxylation is 1. The van der Waals surface area contributed by atoms with Gasteiger partial charge in [-0.15, -0.1) is 0 Å². The number of para-hydroxylation sites is 2. The molecule has 0 saturated carbocycles. The minimum absolute atomic E-state index is 0.359. The van der Waals surface area contributed by atoms with Crippen molar-refractivity contribution >= 4 is 29.2 Å². The summed E-state index contributed by atoms with van der Waals surface area (Å²) >= 11 is 0. The van der Waals surface area contributed by atoms with Crippen LogP contribution in [0.4, 0.5) is 5.95 Å². The van der Waals surface area contributed by atoms with Gasteiger partial charge in [-0.25, -0.2) is 15.2 Å². The quantitative estimate of drug-likeness (QED) is 0.511. The van der Waals surface area contributed by atoms with Gasteiger partial charge in [0.15, 0.2) is 6.61 Å². The molecule has 0 aliphatic heterocycles. The van der Waals surface area contributed by atoms with E-state index in [1.807, 2.05) is 24.3 Å². The third-order valence-electron chi connectivity index (χ3n) is 3.59. The van der Waals surface area contributed by atoms with E-state index in [4.69, 9.17) is 9.84 Å². The smallest absolute Gasteiger partial charge is 0.341 e. The highest BCUT2D eigenvalue weighted by Gasteiger charge is 2.07. The molecule has 3 rings (SSSR count). The van der Waals surface area contributed by atoms with E-state index in [2.05, 4.69) is 27.0 Å². The predicted octanol–water partition coefficient (Wildman–Crippen LogP) is 2.97. The zero-order valence-corrected chi connectivity index (χ0v) is 13.7. The van der Waals surface area contributed by atoms with Crippen molar-refractivity contribution in [2.75, 3.05) is 12.0 Å². The van der Waals surface area contributed by atoms with E-state index in [9.17, 15) is 4.79 Å². The van der Waals surface area contributed by atoms with Gasteiger partial charge in [-0.05, 0) is 48.9 Å². The molecule has 3 aromatic rings. The van der Waals surface area contributed by atoms with Gasteiger partial charge in [0.2, 0.25) is 5.95 Å². The van der Waals surface area contributed by atoms with Gasteiger partial charge in [0, 0.05) is 6.54 Å². The minimum Gasteiger partial charge on any atom is -0.482 e. The average Bonchev–Trinajstić information content (AvgIpc) is 2.98. The number of carbonyl (C=O) groups is 1. The normalized spacial score (nSPS) is 11.1. The molecule has 0 radical (unpaired) electrons. The molecule has 2 aromatic carbocycles. The molecule has 7 heteroatoms. The zero-order valence-electron chi connectivity index (χ0n) is 13.7. The second kappa shape index (κ2) is 7.48. The molecule has 0 atom stereocenters. The summed E-state index contributed by atoms with van der Waals surface area (Å²) in [6.45, 7) is 2.48. The number of hydrogen-bond donors (Lipinski definition) is 2. The zero-order chi connectivity index (χ0) is 17.6. The van der Waals surface area contributed by atoms with Crippen LogP contribution in [-0.2, 0) is 11.3 Å². The van der Waals surface area contributed by atoms with Crippen molar-refractivity contribution in [3.05, 3.63) is 54.1 Å². The lowest BCUT2D eigenvalue weighted by molar-refractivity contribution is -0.139. The Morgan fingerprint density at radius 2 is 2.04 bits per heavy atom. The van der Waals surface area contributed by atoms with Crippen LogP contribution in [0.1, 0.15) is 12.5 Å². The molecule has 1 aromatic heterocycles. The highest BCUT2D eigenvalue weighted by atomic mass is 16.5. The SMILES string of the molecule is CCn1c(N/N=C\c2ccc(OCC(=O)O)cc2)nc2ccccc21. The molecule has 7 nitrogen and oxygen atoms in total. The molecule has 0 saturated heterocycles. The van der Waals surface area contributed by atoms with Crippen molar-refractivity contribution in [2.45, 2.75) is 13.5 Å². The van der Waals surface area contributed by atoms with Gasteiger partial charge in [0.05, 0.1) is 17.2 Å². The topological polar surface area (TPSA) is 88.7 Å². The molecule has 25 heavy (non-hydrogen) atoms. The Kier molecular flexibility index (Phi) is 4.94. The van der Waals surface area contributed by atoms with Crippen molar-refractivity contribution in [3.8, 4) is 5.75 Å². The number of imidazole rings is 1. The van der Waals surface area contributed by atoms with E-state index in [0.29, 0.717) is 11.7 Å². The Bertz CT molecular complexity index is 900. The number of hydrazone groups is 1. The van der Waals surface area contributed by atoms with Crippen LogP contribution in [0.3, 0.4) is 0 Å². The number of nitrogens with zero attached hydrogens (tertiary/aromatic N) is 3. The van der Waals surface area contributed by atoms with Gasteiger partial charge in [0.1, 0.15) is 5.75 Å². The molecule has 0 aliphatic carbocycles. The third-order valence-corrected chi connectivity index (χ3v) is 3.59. The standard InChI is InChI=1S/C18H18N4O3/c1-2-22-16-6-4-3-5-15(16)20-18(22)21-19-11-13-7-9-14(10-8-13)25-12-17(23)24/h3-11H,2,12H2,1H3,(H,20,21)(H,23,24)/b19-11-. The maximum atomic E-state index is 10.5. The minimum atomic E-state index is -1.01. The molecular weight excluding hydrogens is 320 g/mol. The van der Waals surface area contributed by atoms with Gasteiger partial charge in [-0.2, -0.15) is 5.10 Å². The number of hydrogen-bond acceptors (Lipinski definition) is 5. The average molecular weight is 338 g/mol. The van der Waals surface area contributed by atoms with E-state index in [-0.39, 0.29) is 6.61 Å². The fourth-order valence-electron chi connectivity index (χ4n) is 2.44. The van der Waals surface area contributed by atoms with E-state index in [0.717, 1.165) is 23.1 Å². The van der Waals surface area contributed by atoms with Crippen molar-refractivity contribution in [2.24, 2.45) is 5.10 Å². The fourth-order valence-corrected chi connectivity index (χ4v) is 2.44. The summed E-state index contributed by atoms with van der Waals surface area (Å²) in [6, 6.07) is 14.9. The largest absolute Gasteiger partial charge is 0.482 e. The van der Waals surface area contributed by atoms with E-state index >= 15 is 0 Å². The summed E-state index contributed by atoms with van der Waals surface area (Å²) in [7, 11) is 0. The maximum Gasteiger partial charge on any atom is 0.341 e. The number of ether oxygens (including phenoxy) is 1. The summed E-state index contributed by atoms with van der Waals surface area (Å²) < 4.78 is 7.14. The molecule has 0 unspecified atom stereocenters.